The molecule has 4 N–H and O–H groups in total. The summed E-state index contributed by atoms with van der Waals surface area (Å²) >= 11 is 0. The fourth-order valence-corrected chi connectivity index (χ4v) is 1.32. The van der Waals surface area contributed by atoms with Crippen LogP contribution in [0.3, 0.4) is 0 Å². The van der Waals surface area contributed by atoms with Gasteiger partial charge in [-0.25, -0.2) is 4.79 Å². The van der Waals surface area contributed by atoms with Crippen molar-refractivity contribution >= 4 is 17.9 Å². The van der Waals surface area contributed by atoms with Crippen LogP contribution in [0, 0.1) is 5.92 Å². The molecule has 0 saturated heterocycles. The summed E-state index contributed by atoms with van der Waals surface area (Å²) in [7, 11) is 0. The lowest BCUT2D eigenvalue weighted by atomic mass is 10.0. The molecule has 104 valence electrons. The van der Waals surface area contributed by atoms with Crippen LogP contribution in [-0.4, -0.2) is 40.3 Å². The molecule has 7 nitrogen and oxygen atoms in total. The summed E-state index contributed by atoms with van der Waals surface area (Å²) in [5, 5.41) is 17.2. The maximum Gasteiger partial charge on any atom is 0.345 e. The maximum absolute atomic E-state index is 11.5. The highest BCUT2D eigenvalue weighted by Crippen LogP contribution is 2.08. The highest BCUT2D eigenvalue weighted by Gasteiger charge is 2.26. The van der Waals surface area contributed by atoms with Crippen LogP contribution in [0.1, 0.15) is 33.1 Å². The molecule has 0 bridgehead atoms. The van der Waals surface area contributed by atoms with Crippen molar-refractivity contribution in [1.29, 1.82) is 0 Å². The number of carboxylic acid groups (broad SMARTS) is 2. The Morgan fingerprint density at radius 3 is 2.17 bits per heavy atom. The molecule has 0 aliphatic carbocycles. The SMILES string of the molecule is CC(C)C[C@@H](N)C(=O)OC(CCC(=O)O)C(=O)O. The highest BCUT2D eigenvalue weighted by atomic mass is 16.6. The standard InChI is InChI=1S/C11H19NO6/c1-6(2)5-7(12)11(17)18-8(10(15)16)3-4-9(13)14/h6-8H,3-5,12H2,1-2H3,(H,13,14)(H,15,16)/t7-,8?/m1/s1. The van der Waals surface area contributed by atoms with Crippen molar-refractivity contribution in [1.82, 2.24) is 0 Å². The molecular weight excluding hydrogens is 242 g/mol. The molecule has 0 aliphatic rings. The third-order valence-corrected chi connectivity index (χ3v) is 2.18. The second kappa shape index (κ2) is 7.65. The van der Waals surface area contributed by atoms with E-state index in [4.69, 9.17) is 20.7 Å². The zero-order valence-electron chi connectivity index (χ0n) is 10.5. The fourth-order valence-electron chi connectivity index (χ4n) is 1.32. The number of aliphatic carboxylic acids is 2. The highest BCUT2D eigenvalue weighted by molar-refractivity contribution is 5.81. The summed E-state index contributed by atoms with van der Waals surface area (Å²) in [4.78, 5) is 32.6. The van der Waals surface area contributed by atoms with E-state index >= 15 is 0 Å². The van der Waals surface area contributed by atoms with Gasteiger partial charge < -0.3 is 20.7 Å². The first-order valence-electron chi connectivity index (χ1n) is 5.64. The molecule has 2 atom stereocenters. The topological polar surface area (TPSA) is 127 Å². The van der Waals surface area contributed by atoms with Crippen molar-refractivity contribution < 1.29 is 29.3 Å². The van der Waals surface area contributed by atoms with E-state index in [1.807, 2.05) is 13.8 Å². The first kappa shape index (κ1) is 16.4. The molecule has 0 aromatic rings. The van der Waals surface area contributed by atoms with Crippen LogP contribution in [0.2, 0.25) is 0 Å². The molecule has 0 saturated carbocycles. The van der Waals surface area contributed by atoms with Crippen LogP contribution in [0.15, 0.2) is 0 Å². The number of hydrogen-bond acceptors (Lipinski definition) is 5. The Hall–Kier alpha value is -1.63. The lowest BCUT2D eigenvalue weighted by Crippen LogP contribution is -2.38. The predicted octanol–water partition coefficient (Wildman–Crippen LogP) is 0.221. The average Bonchev–Trinajstić information content (AvgIpc) is 2.21. The Morgan fingerprint density at radius 2 is 1.78 bits per heavy atom. The maximum atomic E-state index is 11.5. The molecular formula is C11H19NO6. The minimum Gasteiger partial charge on any atom is -0.481 e. The summed E-state index contributed by atoms with van der Waals surface area (Å²) in [6.07, 6.45) is -1.75. The zero-order valence-corrected chi connectivity index (χ0v) is 10.5. The van der Waals surface area contributed by atoms with Crippen LogP contribution >= 0.6 is 0 Å². The van der Waals surface area contributed by atoms with Gasteiger partial charge in [-0.3, -0.25) is 9.59 Å². The van der Waals surface area contributed by atoms with E-state index in [2.05, 4.69) is 0 Å². The summed E-state index contributed by atoms with van der Waals surface area (Å²) in [6.45, 7) is 3.73. The van der Waals surface area contributed by atoms with E-state index in [1.165, 1.54) is 0 Å². The van der Waals surface area contributed by atoms with E-state index < -0.39 is 30.1 Å². The first-order chi connectivity index (χ1) is 8.23. The Labute approximate surface area is 105 Å². The van der Waals surface area contributed by atoms with Crippen LogP contribution in [0.4, 0.5) is 0 Å². The number of nitrogens with two attached hydrogens (primary N) is 1. The van der Waals surface area contributed by atoms with E-state index in [9.17, 15) is 14.4 Å². The molecule has 0 aromatic carbocycles. The number of rotatable bonds is 8. The fraction of sp³-hybridized carbons (Fsp3) is 0.727. The van der Waals surface area contributed by atoms with E-state index in [0.29, 0.717) is 6.42 Å². The molecule has 0 aromatic heterocycles. The normalized spacial score (nSPS) is 14.0. The van der Waals surface area contributed by atoms with Crippen molar-refractivity contribution in [3.8, 4) is 0 Å². The van der Waals surface area contributed by atoms with Gasteiger partial charge in [0.05, 0.1) is 0 Å². The van der Waals surface area contributed by atoms with Gasteiger partial charge in [0.1, 0.15) is 6.04 Å². The number of carboxylic acids is 2. The van der Waals surface area contributed by atoms with Crippen molar-refractivity contribution in [2.45, 2.75) is 45.3 Å². The van der Waals surface area contributed by atoms with Crippen molar-refractivity contribution in [3.05, 3.63) is 0 Å². The van der Waals surface area contributed by atoms with Crippen LogP contribution in [0.5, 0.6) is 0 Å². The summed E-state index contributed by atoms with van der Waals surface area (Å²) < 4.78 is 4.70. The van der Waals surface area contributed by atoms with Gasteiger partial charge in [0.15, 0.2) is 6.10 Å². The molecule has 0 amide bonds. The molecule has 0 spiro atoms. The van der Waals surface area contributed by atoms with Gasteiger partial charge in [-0.05, 0) is 12.3 Å². The predicted molar refractivity (Wildman–Crippen MR) is 61.8 cm³/mol. The van der Waals surface area contributed by atoms with E-state index in [-0.39, 0.29) is 18.8 Å². The van der Waals surface area contributed by atoms with Gasteiger partial charge in [-0.15, -0.1) is 0 Å². The van der Waals surface area contributed by atoms with E-state index in [0.717, 1.165) is 0 Å². The number of esters is 1. The number of carbonyl (C=O) groups excluding carboxylic acids is 1. The van der Waals surface area contributed by atoms with Crippen molar-refractivity contribution in [2.24, 2.45) is 11.7 Å². The molecule has 0 heterocycles. The monoisotopic (exact) mass is 261 g/mol. The molecule has 1 unspecified atom stereocenters. The summed E-state index contributed by atoms with van der Waals surface area (Å²) in [6, 6.07) is -0.892. The van der Waals surface area contributed by atoms with Crippen molar-refractivity contribution in [3.63, 3.8) is 0 Å². The second-order valence-corrected chi connectivity index (χ2v) is 4.43. The third kappa shape index (κ3) is 6.85. The molecule has 0 radical (unpaired) electrons. The van der Waals surface area contributed by atoms with Gasteiger partial charge in [0.25, 0.3) is 0 Å². The first-order valence-corrected chi connectivity index (χ1v) is 5.64. The number of ether oxygens (including phenoxy) is 1. The Kier molecular flexibility index (Phi) is 6.96. The van der Waals surface area contributed by atoms with Crippen molar-refractivity contribution in [2.75, 3.05) is 0 Å². The zero-order chi connectivity index (χ0) is 14.3. The Balaban J connectivity index is 4.35. The Morgan fingerprint density at radius 1 is 1.22 bits per heavy atom. The largest absolute Gasteiger partial charge is 0.481 e. The average molecular weight is 261 g/mol. The smallest absolute Gasteiger partial charge is 0.345 e. The molecule has 18 heavy (non-hydrogen) atoms. The van der Waals surface area contributed by atoms with E-state index in [1.54, 1.807) is 0 Å². The number of carbonyl (C=O) groups is 3. The van der Waals surface area contributed by atoms with Gasteiger partial charge in [0.2, 0.25) is 0 Å². The summed E-state index contributed by atoms with van der Waals surface area (Å²) in [5.41, 5.74) is 5.54. The van der Waals surface area contributed by atoms with Crippen LogP contribution in [0.25, 0.3) is 0 Å². The molecule has 0 aliphatic heterocycles. The minimum atomic E-state index is -1.47. The van der Waals surface area contributed by atoms with Gasteiger partial charge in [-0.1, -0.05) is 13.8 Å². The van der Waals surface area contributed by atoms with Gasteiger partial charge in [-0.2, -0.15) is 0 Å². The van der Waals surface area contributed by atoms with Gasteiger partial charge in [0, 0.05) is 12.8 Å². The third-order valence-electron chi connectivity index (χ3n) is 2.18. The Bertz CT molecular complexity index is 315. The minimum absolute atomic E-state index is 0.176. The summed E-state index contributed by atoms with van der Waals surface area (Å²) in [5.74, 6) is -3.17. The molecule has 0 fully saturated rings. The molecule has 0 rings (SSSR count). The quantitative estimate of drug-likeness (QED) is 0.533. The number of hydrogen-bond donors (Lipinski definition) is 3. The lowest BCUT2D eigenvalue weighted by molar-refractivity contribution is -0.166. The van der Waals surface area contributed by atoms with Crippen LogP contribution < -0.4 is 5.73 Å². The lowest BCUT2D eigenvalue weighted by Gasteiger charge is -2.17. The van der Waals surface area contributed by atoms with Gasteiger partial charge >= 0.3 is 17.9 Å². The van der Waals surface area contributed by atoms with Crippen LogP contribution in [-0.2, 0) is 19.1 Å². The second-order valence-electron chi connectivity index (χ2n) is 4.43. The molecule has 7 heteroatoms.